The molecule has 7 nitrogen and oxygen atoms in total. The molecule has 0 N–H and O–H groups in total. The van der Waals surface area contributed by atoms with Gasteiger partial charge in [-0.1, -0.05) is 23.2 Å². The van der Waals surface area contributed by atoms with E-state index in [0.29, 0.717) is 29.1 Å². The number of hydrogen-bond acceptors (Lipinski definition) is 4. The molecule has 0 unspecified atom stereocenters. The van der Waals surface area contributed by atoms with E-state index in [1.807, 2.05) is 45.1 Å². The first-order valence-corrected chi connectivity index (χ1v) is 8.80. The minimum atomic E-state index is 0.457. The molecule has 0 bridgehead atoms. The van der Waals surface area contributed by atoms with Gasteiger partial charge < -0.3 is 0 Å². The van der Waals surface area contributed by atoms with E-state index in [0.717, 1.165) is 28.5 Å². The summed E-state index contributed by atoms with van der Waals surface area (Å²) >= 11 is 12.6. The average Bonchev–Trinajstić information content (AvgIpc) is 3.28. The van der Waals surface area contributed by atoms with Crippen LogP contribution in [0.3, 0.4) is 0 Å². The fraction of sp³-hybridized carbons (Fsp3) is 0.176. The van der Waals surface area contributed by atoms with E-state index < -0.39 is 0 Å². The van der Waals surface area contributed by atoms with Gasteiger partial charge in [0.05, 0.1) is 17.9 Å². The summed E-state index contributed by atoms with van der Waals surface area (Å²) in [7, 11) is 0. The summed E-state index contributed by atoms with van der Waals surface area (Å²) < 4.78 is 5.67. The number of imidazole rings is 1. The second-order valence-corrected chi connectivity index (χ2v) is 6.95. The third-order valence-electron chi connectivity index (χ3n) is 4.51. The van der Waals surface area contributed by atoms with Crippen molar-refractivity contribution in [2.45, 2.75) is 20.0 Å². The smallest absolute Gasteiger partial charge is 0.172 e. The van der Waals surface area contributed by atoms with Gasteiger partial charge in [-0.3, -0.25) is 9.25 Å². The first kappa shape index (κ1) is 15.6. The molecular formula is C17H13Cl2N7. The Hall–Kier alpha value is -2.64. The number of rotatable bonds is 2. The Kier molecular flexibility index (Phi) is 3.41. The molecule has 130 valence electrons. The number of hydrogen-bond donors (Lipinski definition) is 0. The molecule has 5 rings (SSSR count). The van der Waals surface area contributed by atoms with Crippen LogP contribution in [0.25, 0.3) is 17.1 Å². The van der Waals surface area contributed by atoms with E-state index in [1.165, 1.54) is 0 Å². The summed E-state index contributed by atoms with van der Waals surface area (Å²) in [6.45, 7) is 2.98. The van der Waals surface area contributed by atoms with Gasteiger partial charge in [-0.05, 0) is 31.2 Å². The number of halogens is 2. The number of fused-ring (bicyclic) bond motifs is 5. The highest BCUT2D eigenvalue weighted by Crippen LogP contribution is 2.34. The minimum absolute atomic E-state index is 0.457. The van der Waals surface area contributed by atoms with Crippen LogP contribution in [0.1, 0.15) is 17.2 Å². The van der Waals surface area contributed by atoms with E-state index in [1.54, 1.807) is 12.5 Å². The Labute approximate surface area is 158 Å². The number of nitrogens with zero attached hydrogens (tertiary/aromatic N) is 7. The van der Waals surface area contributed by atoms with Gasteiger partial charge in [0.1, 0.15) is 12.9 Å². The van der Waals surface area contributed by atoms with Crippen molar-refractivity contribution >= 4 is 23.2 Å². The van der Waals surface area contributed by atoms with Crippen molar-refractivity contribution in [3.63, 3.8) is 0 Å². The number of benzene rings is 1. The molecule has 1 aliphatic rings. The predicted molar refractivity (Wildman–Crippen MR) is 97.8 cm³/mol. The minimum Gasteiger partial charge on any atom is -0.299 e. The fourth-order valence-electron chi connectivity index (χ4n) is 3.20. The molecule has 0 aliphatic carbocycles. The molecule has 4 heterocycles. The summed E-state index contributed by atoms with van der Waals surface area (Å²) in [6.07, 6.45) is 3.48. The monoisotopic (exact) mass is 385 g/mol. The lowest BCUT2D eigenvalue weighted by molar-refractivity contribution is 0.612. The van der Waals surface area contributed by atoms with Gasteiger partial charge in [-0.2, -0.15) is 10.2 Å². The van der Waals surface area contributed by atoms with Crippen LogP contribution in [-0.4, -0.2) is 34.1 Å². The normalized spacial score (nSPS) is 12.4. The first-order chi connectivity index (χ1) is 12.6. The maximum absolute atomic E-state index is 6.30. The van der Waals surface area contributed by atoms with Crippen molar-refractivity contribution in [1.82, 2.24) is 34.1 Å². The van der Waals surface area contributed by atoms with Crippen LogP contribution in [0, 0.1) is 6.92 Å². The van der Waals surface area contributed by atoms with Crippen molar-refractivity contribution in [1.29, 1.82) is 0 Å². The number of aromatic nitrogens is 7. The summed E-state index contributed by atoms with van der Waals surface area (Å²) in [4.78, 5) is 8.99. The summed E-state index contributed by atoms with van der Waals surface area (Å²) in [5.41, 5.74) is 3.73. The van der Waals surface area contributed by atoms with Gasteiger partial charge >= 0.3 is 0 Å². The molecule has 0 amide bonds. The molecule has 1 aliphatic heterocycles. The molecule has 9 heteroatoms. The molecule has 26 heavy (non-hydrogen) atoms. The van der Waals surface area contributed by atoms with Crippen molar-refractivity contribution < 1.29 is 0 Å². The highest BCUT2D eigenvalue weighted by atomic mass is 35.5. The molecular weight excluding hydrogens is 373 g/mol. The quantitative estimate of drug-likeness (QED) is 0.467. The maximum Gasteiger partial charge on any atom is 0.172 e. The van der Waals surface area contributed by atoms with E-state index in [2.05, 4.69) is 15.2 Å². The third-order valence-corrected chi connectivity index (χ3v) is 5.06. The lowest BCUT2D eigenvalue weighted by atomic mass is 10.1. The van der Waals surface area contributed by atoms with Crippen molar-refractivity contribution in [3.05, 3.63) is 64.2 Å². The second-order valence-electron chi connectivity index (χ2n) is 6.15. The summed E-state index contributed by atoms with van der Waals surface area (Å²) in [5, 5.41) is 10.1. The average molecular weight is 386 g/mol. The van der Waals surface area contributed by atoms with Crippen molar-refractivity contribution in [3.8, 4) is 17.1 Å². The Morgan fingerprint density at radius 1 is 1.19 bits per heavy atom. The zero-order chi connectivity index (χ0) is 17.8. The van der Waals surface area contributed by atoms with Crippen LogP contribution in [0.2, 0.25) is 10.2 Å². The van der Waals surface area contributed by atoms with Gasteiger partial charge in [0.25, 0.3) is 0 Å². The molecule has 4 aromatic rings. The largest absolute Gasteiger partial charge is 0.299 e. The highest BCUT2D eigenvalue weighted by molar-refractivity contribution is 6.31. The second kappa shape index (κ2) is 5.69. The zero-order valence-corrected chi connectivity index (χ0v) is 15.3. The lowest BCUT2D eigenvalue weighted by Crippen LogP contribution is -2.08. The Bertz CT molecular complexity index is 1140. The van der Waals surface area contributed by atoms with Crippen LogP contribution >= 0.6 is 23.2 Å². The standard InChI is InChI=1S/C17H13Cl2N7/c1-10-4-5-21-25(10)8-15-22-17-12-6-11(18)2-3-13(12)24-9-20-16(19)14(24)7-26(17)23-15/h2-6,9H,7-8H2,1H3. The van der Waals surface area contributed by atoms with E-state index >= 15 is 0 Å². The first-order valence-electron chi connectivity index (χ1n) is 8.04. The Balaban J connectivity index is 1.69. The van der Waals surface area contributed by atoms with Crippen LogP contribution in [0.5, 0.6) is 0 Å². The Morgan fingerprint density at radius 2 is 2.08 bits per heavy atom. The molecule has 0 fully saturated rings. The maximum atomic E-state index is 6.30. The van der Waals surface area contributed by atoms with Crippen LogP contribution in [0.15, 0.2) is 36.8 Å². The van der Waals surface area contributed by atoms with Gasteiger partial charge in [-0.15, -0.1) is 0 Å². The molecule has 0 atom stereocenters. The van der Waals surface area contributed by atoms with Gasteiger partial charge in [0, 0.05) is 22.5 Å². The SMILES string of the molecule is Cc1ccnn1Cc1nc2n(n1)Cc1c(Cl)ncn1-c1ccc(Cl)cc1-2. The van der Waals surface area contributed by atoms with Crippen molar-refractivity contribution in [2.75, 3.05) is 0 Å². The predicted octanol–water partition coefficient (Wildman–Crippen LogP) is 3.35. The highest BCUT2D eigenvalue weighted by Gasteiger charge is 2.25. The van der Waals surface area contributed by atoms with Gasteiger partial charge in [0.15, 0.2) is 16.8 Å². The van der Waals surface area contributed by atoms with Crippen LogP contribution in [-0.2, 0) is 13.1 Å². The molecule has 0 saturated heterocycles. The van der Waals surface area contributed by atoms with E-state index in [4.69, 9.17) is 28.2 Å². The fourth-order valence-corrected chi connectivity index (χ4v) is 3.57. The van der Waals surface area contributed by atoms with Crippen molar-refractivity contribution in [2.24, 2.45) is 0 Å². The topological polar surface area (TPSA) is 66.3 Å². The molecule has 0 saturated carbocycles. The van der Waals surface area contributed by atoms with Gasteiger partial charge in [-0.25, -0.2) is 14.6 Å². The molecule has 3 aromatic heterocycles. The third kappa shape index (κ3) is 2.35. The molecule has 1 aromatic carbocycles. The number of aryl methyl sites for hydroxylation is 1. The summed E-state index contributed by atoms with van der Waals surface area (Å²) in [5.74, 6) is 1.43. The molecule has 0 spiro atoms. The van der Waals surface area contributed by atoms with Gasteiger partial charge in [0.2, 0.25) is 0 Å². The Morgan fingerprint density at radius 3 is 2.88 bits per heavy atom. The van der Waals surface area contributed by atoms with Crippen LogP contribution < -0.4 is 0 Å². The molecule has 0 radical (unpaired) electrons. The lowest BCUT2D eigenvalue weighted by Gasteiger charge is -2.08. The van der Waals surface area contributed by atoms with Crippen LogP contribution in [0.4, 0.5) is 0 Å². The summed E-state index contributed by atoms with van der Waals surface area (Å²) in [6, 6.07) is 7.64. The van der Waals surface area contributed by atoms with E-state index in [9.17, 15) is 0 Å². The van der Waals surface area contributed by atoms with E-state index in [-0.39, 0.29) is 0 Å². The zero-order valence-electron chi connectivity index (χ0n) is 13.8.